The van der Waals surface area contributed by atoms with E-state index in [1.165, 1.54) is 68.0 Å². The summed E-state index contributed by atoms with van der Waals surface area (Å²) in [5, 5.41) is 39.3. The molecule has 138 heavy (non-hydrogen) atoms. The van der Waals surface area contributed by atoms with Crippen LogP contribution in [0.1, 0.15) is 50.3 Å². The molecule has 4 N–H and O–H groups in total. The van der Waals surface area contributed by atoms with Gasteiger partial charge in [0.25, 0.3) is 0 Å². The van der Waals surface area contributed by atoms with Crippen LogP contribution in [0, 0.1) is 83.9 Å². The smallest absolute Gasteiger partial charge is 0.165 e. The average molecular weight is 1850 g/mol. The Kier molecular flexibility index (Phi) is 28.4. The quantitative estimate of drug-likeness (QED) is 0.0423. The van der Waals surface area contributed by atoms with E-state index in [4.69, 9.17) is 31.6 Å². The molecule has 0 amide bonds. The van der Waals surface area contributed by atoms with Crippen molar-refractivity contribution in [1.82, 2.24) is 59.0 Å². The molecule has 0 aliphatic carbocycles. The fourth-order valence-electron chi connectivity index (χ4n) is 15.8. The summed E-state index contributed by atoms with van der Waals surface area (Å²) >= 11 is 3.29. The van der Waals surface area contributed by atoms with E-state index in [-0.39, 0.29) is 33.9 Å². The van der Waals surface area contributed by atoms with Crippen LogP contribution < -0.4 is 15.7 Å². The van der Waals surface area contributed by atoms with E-state index in [1.807, 2.05) is 151 Å². The zero-order valence-electron chi connectivity index (χ0n) is 75.0. The first kappa shape index (κ1) is 92.2. The van der Waals surface area contributed by atoms with Crippen molar-refractivity contribution in [2.24, 2.45) is 9.98 Å². The van der Waals surface area contributed by atoms with Crippen molar-refractivity contribution in [3.8, 4) is 146 Å². The Morgan fingerprint density at radius 2 is 0.696 bits per heavy atom. The normalized spacial score (nSPS) is 11.2. The van der Waals surface area contributed by atoms with E-state index in [0.717, 1.165) is 168 Å². The molecular formula is C112H83F4N19OS2. The fraction of sp³-hybridized carbons (Fsp3) is 0.0625. The second-order valence-electron chi connectivity index (χ2n) is 31.9. The van der Waals surface area contributed by atoms with Crippen LogP contribution in [0.5, 0.6) is 5.75 Å². The first-order valence-corrected chi connectivity index (χ1v) is 45.2. The Morgan fingerprint density at radius 1 is 0.348 bits per heavy atom. The highest BCUT2D eigenvalue weighted by molar-refractivity contribution is 7.17. The van der Waals surface area contributed by atoms with E-state index in [1.54, 1.807) is 135 Å². The number of aromatic nitrogens is 12. The molecule has 0 fully saturated rings. The number of methoxy groups -OCH3 is 1. The summed E-state index contributed by atoms with van der Waals surface area (Å²) in [7, 11) is 1.45. The molecular weight excluding hydrogens is 1770 g/mol. The summed E-state index contributed by atoms with van der Waals surface area (Å²) in [6.07, 6.45) is 23.5. The predicted octanol–water partition coefficient (Wildman–Crippen LogP) is 25.5. The molecule has 0 spiro atoms. The van der Waals surface area contributed by atoms with Gasteiger partial charge in [0, 0.05) is 175 Å². The molecule has 12 aromatic heterocycles. The van der Waals surface area contributed by atoms with Gasteiger partial charge in [0.05, 0.1) is 115 Å². The summed E-state index contributed by atoms with van der Waals surface area (Å²) in [6, 6.07) is 84.9. The van der Waals surface area contributed by atoms with Crippen LogP contribution in [0.2, 0.25) is 0 Å². The van der Waals surface area contributed by atoms with Gasteiger partial charge in [-0.05, 0) is 232 Å². The number of aliphatic imine (C=N–C) groups is 2. The zero-order valence-corrected chi connectivity index (χ0v) is 76.6. The number of nitriles is 1. The number of pyridine rings is 10. The van der Waals surface area contributed by atoms with E-state index in [9.17, 15) is 17.6 Å². The number of nitrogens with one attached hydrogen (secondary N) is 4. The van der Waals surface area contributed by atoms with Crippen molar-refractivity contribution in [1.29, 1.82) is 26.9 Å². The third kappa shape index (κ3) is 21.0. The van der Waals surface area contributed by atoms with Gasteiger partial charge in [-0.25, -0.2) is 27.5 Å². The fourth-order valence-corrected chi connectivity index (χ4v) is 17.3. The molecule has 20 nitrogen and oxygen atoms in total. The second-order valence-corrected chi connectivity index (χ2v) is 33.7. The number of benzene rings is 8. The van der Waals surface area contributed by atoms with Crippen molar-refractivity contribution in [2.75, 3.05) is 7.11 Å². The minimum atomic E-state index is -0.533. The summed E-state index contributed by atoms with van der Waals surface area (Å²) in [5.74, 6) is -1.17. The first-order chi connectivity index (χ1) is 67.3. The number of nitrogens with zero attached hydrogens (tertiary/aromatic N) is 15. The molecule has 0 atom stereocenters. The number of hydrogen-bond donors (Lipinski definition) is 4. The van der Waals surface area contributed by atoms with Crippen molar-refractivity contribution in [3.63, 3.8) is 0 Å². The molecule has 0 saturated carbocycles. The maximum absolute atomic E-state index is 13.7. The van der Waals surface area contributed by atoms with E-state index >= 15 is 0 Å². The number of halogens is 4. The zero-order chi connectivity index (χ0) is 95.7. The molecule has 0 bridgehead atoms. The number of hydrogen-bond acceptors (Lipinski definition) is 20. The minimum Gasteiger partial charge on any atom is -0.494 e. The van der Waals surface area contributed by atoms with Gasteiger partial charge in [-0.15, -0.1) is 22.7 Å². The molecule has 672 valence electrons. The molecule has 14 heterocycles. The number of rotatable bonds is 15. The Bertz CT molecular complexity index is 8250. The summed E-state index contributed by atoms with van der Waals surface area (Å²) < 4.78 is 64.7. The van der Waals surface area contributed by atoms with Crippen molar-refractivity contribution in [3.05, 3.63) is 424 Å². The van der Waals surface area contributed by atoms with Gasteiger partial charge in [-0.2, -0.15) is 5.26 Å². The van der Waals surface area contributed by atoms with Gasteiger partial charge < -0.3 is 4.74 Å². The van der Waals surface area contributed by atoms with Crippen LogP contribution in [0.15, 0.2) is 350 Å². The van der Waals surface area contributed by atoms with E-state index < -0.39 is 11.6 Å². The lowest BCUT2D eigenvalue weighted by Crippen LogP contribution is -2.17. The van der Waals surface area contributed by atoms with Crippen molar-refractivity contribution in [2.45, 2.75) is 40.8 Å². The Hall–Kier alpha value is -17.7. The Balaban J connectivity index is 0.000000115. The molecule has 26 heteroatoms. The lowest BCUT2D eigenvalue weighted by Gasteiger charge is -2.11. The van der Waals surface area contributed by atoms with Crippen molar-refractivity contribution >= 4 is 68.2 Å². The maximum atomic E-state index is 13.7. The van der Waals surface area contributed by atoms with Gasteiger partial charge in [-0.1, -0.05) is 96.1 Å². The van der Waals surface area contributed by atoms with Crippen LogP contribution in [0.4, 0.5) is 17.6 Å². The number of fused-ring (bicyclic) bond motifs is 4. The number of aryl methyl sites for hydroxylation is 4. The Labute approximate surface area is 799 Å². The van der Waals surface area contributed by atoms with Crippen molar-refractivity contribution < 1.29 is 22.3 Å². The van der Waals surface area contributed by atoms with Crippen LogP contribution in [0.25, 0.3) is 155 Å². The molecule has 8 aromatic carbocycles. The topological polar surface area (TPSA) is 292 Å². The molecule has 0 saturated heterocycles. The molecule has 2 aliphatic rings. The van der Waals surface area contributed by atoms with E-state index in [2.05, 4.69) is 153 Å². The largest absolute Gasteiger partial charge is 0.494 e. The number of ether oxygens (including phenoxy) is 1. The molecule has 0 unspecified atom stereocenters. The lowest BCUT2D eigenvalue weighted by atomic mass is 9.98. The van der Waals surface area contributed by atoms with Gasteiger partial charge in [0.2, 0.25) is 0 Å². The second kappa shape index (κ2) is 42.5. The predicted molar refractivity (Wildman–Crippen MR) is 541 cm³/mol. The van der Waals surface area contributed by atoms with Crippen LogP contribution in [-0.4, -0.2) is 91.2 Å². The van der Waals surface area contributed by atoms with Crippen LogP contribution in [-0.2, 0) is 13.1 Å². The lowest BCUT2D eigenvalue weighted by molar-refractivity contribution is 0.387. The summed E-state index contributed by atoms with van der Waals surface area (Å²) in [5.41, 5.74) is 36.1. The molecule has 20 aromatic rings. The van der Waals surface area contributed by atoms with Crippen LogP contribution in [0.3, 0.4) is 0 Å². The van der Waals surface area contributed by atoms with Crippen LogP contribution >= 0.6 is 22.7 Å². The van der Waals surface area contributed by atoms with Gasteiger partial charge in [0.15, 0.2) is 11.6 Å². The minimum absolute atomic E-state index is 0.00307. The van der Waals surface area contributed by atoms with Gasteiger partial charge >= 0.3 is 0 Å². The molecule has 2 aliphatic heterocycles. The Morgan fingerprint density at radius 3 is 1.07 bits per heavy atom. The third-order valence-corrected chi connectivity index (χ3v) is 24.4. The monoisotopic (exact) mass is 1850 g/mol. The highest BCUT2D eigenvalue weighted by Gasteiger charge is 2.21. The summed E-state index contributed by atoms with van der Waals surface area (Å²) in [6.45, 7) is 8.90. The molecule has 0 radical (unpaired) electrons. The number of thiazole rings is 2. The van der Waals surface area contributed by atoms with Gasteiger partial charge in [-0.3, -0.25) is 80.6 Å². The average Bonchev–Trinajstić information content (AvgIpc) is 1.01. The third-order valence-electron chi connectivity index (χ3n) is 22.8. The standard InChI is InChI=1S/C19H11FN4.C19H14FN3O.C19H13FN2S.C19H14N2S.C18H15FN4.C18H16N4/c20-17-4-3-12(6-13(17)8-21)19-16(2-1-5-23-19)14-7-15-9-22-11-18(15)24-10-14;1-24-18-8-12(4-5-16(18)20)19-15(3-2-6-22-19)13-7-14-9-21-11-17(14)23-10-13;1-12-9-14(4-6-16(12)20)19-15(3-2-8-21-19)13-5-7-17-18(10-13)23-11-22-17;1-13-4-2-5-15(10-13)19-16(6-3-9-20-19)14-7-8-17-18(11-14)22-12-21-17;1-12-9-13(4-6-16(12)19)18-15(3-2-8-22-18)14-5-7-17(21)23(10-14)11-20;1-13-4-2-5-14(10-13)18-16(6-3-9-21-18)15-7-8-17(20)22(11-15)12-19/h1-7,9-10H,11H2;2-10H,11H2,1H3;2-11H,1H3;2-12H,1H3;2-11,20-21H,1H3;2-12,19-20H,1H3. The highest BCUT2D eigenvalue weighted by atomic mass is 32.1. The van der Waals surface area contributed by atoms with E-state index in [0.29, 0.717) is 35.5 Å². The highest BCUT2D eigenvalue weighted by Crippen LogP contribution is 2.40. The van der Waals surface area contributed by atoms with Gasteiger partial charge in [0.1, 0.15) is 34.5 Å². The SMILES string of the molecule is COc1cc(-c2ncccc2-c2cnc3c(c2)C=NC3)ccc1F.Cc1cc(-c2ncccc2-c2ccc(=N)n(C=N)c2)ccc1F.Cc1cc(-c2ncccc2-c2ccc3ncsc3c2)ccc1F.Cc1cccc(-c2ncccc2-c2ccc(=N)n(C=N)c2)c1.Cc1cccc(-c2ncccc2-c2ccc3ncsc3c2)c1.N#Cc1cc(-c2ncccc2-c2cnc3c(c2)C=NC3)ccc1F. The maximum Gasteiger partial charge on any atom is 0.165 e. The first-order valence-electron chi connectivity index (χ1n) is 43.5. The summed E-state index contributed by atoms with van der Waals surface area (Å²) in [4.78, 5) is 53.1. The molecule has 22 rings (SSSR count).